The van der Waals surface area contributed by atoms with Gasteiger partial charge in [0, 0.05) is 36.6 Å². The van der Waals surface area contributed by atoms with Crippen LogP contribution in [0.4, 0.5) is 19.1 Å². The van der Waals surface area contributed by atoms with Crippen molar-refractivity contribution in [2.75, 3.05) is 18.0 Å². The van der Waals surface area contributed by atoms with E-state index in [1.54, 1.807) is 18.9 Å². The molecule has 4 rings (SSSR count). The molecule has 0 spiro atoms. The summed E-state index contributed by atoms with van der Waals surface area (Å²) < 4.78 is 42.1. The molecule has 0 radical (unpaired) electrons. The third-order valence-corrected chi connectivity index (χ3v) is 5.42. The van der Waals surface area contributed by atoms with E-state index >= 15 is 0 Å². The minimum Gasteiger partial charge on any atom is -0.340 e. The minimum atomic E-state index is -2.45. The van der Waals surface area contributed by atoms with E-state index in [0.29, 0.717) is 12.4 Å². The SMILES string of the molecule is Cc1nc2c(-c3ccc(Cl)cc3F)nc(N3CCC(C(F)F)C3)nc2c(=O)n1C. The predicted molar refractivity (Wildman–Crippen MR) is 104 cm³/mol. The summed E-state index contributed by atoms with van der Waals surface area (Å²) >= 11 is 5.85. The number of aromatic nitrogens is 4. The smallest absolute Gasteiger partial charge is 0.279 e. The van der Waals surface area contributed by atoms with Crippen molar-refractivity contribution in [3.63, 3.8) is 0 Å². The zero-order chi connectivity index (χ0) is 20.9. The summed E-state index contributed by atoms with van der Waals surface area (Å²) in [4.78, 5) is 27.5. The lowest BCUT2D eigenvalue weighted by Crippen LogP contribution is -2.27. The number of aryl methyl sites for hydroxylation is 1. The molecular weight excluding hydrogens is 407 g/mol. The molecule has 1 atom stereocenters. The zero-order valence-corrected chi connectivity index (χ0v) is 16.4. The van der Waals surface area contributed by atoms with Gasteiger partial charge in [0.1, 0.15) is 22.9 Å². The van der Waals surface area contributed by atoms with Gasteiger partial charge in [0.15, 0.2) is 5.52 Å². The van der Waals surface area contributed by atoms with E-state index in [9.17, 15) is 18.0 Å². The first-order valence-electron chi connectivity index (χ1n) is 9.00. The van der Waals surface area contributed by atoms with Crippen LogP contribution in [0.3, 0.4) is 0 Å². The van der Waals surface area contributed by atoms with E-state index in [2.05, 4.69) is 15.0 Å². The molecule has 152 valence electrons. The van der Waals surface area contributed by atoms with Crippen molar-refractivity contribution in [1.29, 1.82) is 0 Å². The molecule has 3 aromatic rings. The summed E-state index contributed by atoms with van der Waals surface area (Å²) in [6, 6.07) is 4.09. The molecule has 1 aliphatic rings. The molecule has 6 nitrogen and oxygen atoms in total. The molecule has 0 aliphatic carbocycles. The molecule has 0 N–H and O–H groups in total. The summed E-state index contributed by atoms with van der Waals surface area (Å²) in [5.74, 6) is -0.916. The van der Waals surface area contributed by atoms with E-state index in [1.165, 1.54) is 16.7 Å². The number of fused-ring (bicyclic) bond motifs is 1. The minimum absolute atomic E-state index is 0.00736. The highest BCUT2D eigenvalue weighted by molar-refractivity contribution is 6.30. The van der Waals surface area contributed by atoms with Gasteiger partial charge in [0.25, 0.3) is 5.56 Å². The first kappa shape index (κ1) is 19.6. The van der Waals surface area contributed by atoms with Gasteiger partial charge in [0.2, 0.25) is 12.4 Å². The zero-order valence-electron chi connectivity index (χ0n) is 15.7. The number of alkyl halides is 2. The highest BCUT2D eigenvalue weighted by Gasteiger charge is 2.32. The Kier molecular flexibility index (Phi) is 4.94. The Bertz CT molecular complexity index is 1170. The normalized spacial score (nSPS) is 16.9. The Morgan fingerprint density at radius 1 is 1.21 bits per heavy atom. The second kappa shape index (κ2) is 7.29. The van der Waals surface area contributed by atoms with Crippen LogP contribution in [0.5, 0.6) is 0 Å². The number of benzene rings is 1. The molecule has 2 aromatic heterocycles. The van der Waals surface area contributed by atoms with Gasteiger partial charge in [-0.05, 0) is 31.5 Å². The maximum absolute atomic E-state index is 14.7. The van der Waals surface area contributed by atoms with E-state index in [-0.39, 0.29) is 46.2 Å². The van der Waals surface area contributed by atoms with Crippen molar-refractivity contribution >= 4 is 28.6 Å². The van der Waals surface area contributed by atoms with Crippen LogP contribution < -0.4 is 10.5 Å². The quantitative estimate of drug-likeness (QED) is 0.644. The molecule has 10 heteroatoms. The lowest BCUT2D eigenvalue weighted by molar-refractivity contribution is 0.0879. The first-order chi connectivity index (χ1) is 13.8. The van der Waals surface area contributed by atoms with Crippen LogP contribution in [0.1, 0.15) is 12.2 Å². The lowest BCUT2D eigenvalue weighted by atomic mass is 10.1. The topological polar surface area (TPSA) is 63.9 Å². The Balaban J connectivity index is 1.96. The van der Waals surface area contributed by atoms with Gasteiger partial charge >= 0.3 is 0 Å². The first-order valence-corrected chi connectivity index (χ1v) is 9.38. The lowest BCUT2D eigenvalue weighted by Gasteiger charge is -2.18. The third-order valence-electron chi connectivity index (χ3n) is 5.19. The van der Waals surface area contributed by atoms with Crippen LogP contribution in [0.2, 0.25) is 5.02 Å². The standard InChI is InChI=1S/C19H17ClF3N5O/c1-9-24-15-14(12-4-3-11(20)7-13(12)21)25-19(26-16(15)18(29)27(9)2)28-6-5-10(8-28)17(22)23/h3-4,7,10,17H,5-6,8H2,1-2H3. The van der Waals surface area contributed by atoms with Crippen molar-refractivity contribution in [2.45, 2.75) is 19.8 Å². The van der Waals surface area contributed by atoms with Gasteiger partial charge < -0.3 is 4.90 Å². The molecular formula is C19H17ClF3N5O. The molecule has 0 bridgehead atoms. The Hall–Kier alpha value is -2.68. The van der Waals surface area contributed by atoms with E-state index in [1.807, 2.05) is 0 Å². The summed E-state index contributed by atoms with van der Waals surface area (Å²) in [5, 5.41) is 0.212. The van der Waals surface area contributed by atoms with Crippen molar-refractivity contribution in [3.05, 3.63) is 45.2 Å². The maximum Gasteiger partial charge on any atom is 0.279 e. The molecule has 0 saturated carbocycles. The van der Waals surface area contributed by atoms with Crippen LogP contribution in [0.25, 0.3) is 22.3 Å². The summed E-state index contributed by atoms with van der Waals surface area (Å²) in [7, 11) is 1.55. The molecule has 1 saturated heterocycles. The fourth-order valence-electron chi connectivity index (χ4n) is 3.43. The van der Waals surface area contributed by atoms with Crippen molar-refractivity contribution in [1.82, 2.24) is 19.5 Å². The molecule has 29 heavy (non-hydrogen) atoms. The maximum atomic E-state index is 14.7. The summed E-state index contributed by atoms with van der Waals surface area (Å²) in [6.45, 7) is 2.03. The highest BCUT2D eigenvalue weighted by Crippen LogP contribution is 2.32. The molecule has 3 heterocycles. The Morgan fingerprint density at radius 3 is 2.62 bits per heavy atom. The van der Waals surface area contributed by atoms with Crippen LogP contribution in [0, 0.1) is 18.7 Å². The number of nitrogens with zero attached hydrogens (tertiary/aromatic N) is 5. The van der Waals surface area contributed by atoms with E-state index < -0.39 is 23.7 Å². The third kappa shape index (κ3) is 3.43. The van der Waals surface area contributed by atoms with Gasteiger partial charge in [-0.3, -0.25) is 9.36 Å². The van der Waals surface area contributed by atoms with Crippen LogP contribution in [0.15, 0.2) is 23.0 Å². The van der Waals surface area contributed by atoms with Crippen molar-refractivity contribution < 1.29 is 13.2 Å². The summed E-state index contributed by atoms with van der Waals surface area (Å²) in [5.41, 5.74) is -0.0298. The highest BCUT2D eigenvalue weighted by atomic mass is 35.5. The number of hydrogen-bond acceptors (Lipinski definition) is 5. The molecule has 1 aromatic carbocycles. The van der Waals surface area contributed by atoms with Crippen LogP contribution in [-0.4, -0.2) is 39.0 Å². The van der Waals surface area contributed by atoms with Crippen LogP contribution in [-0.2, 0) is 7.05 Å². The number of rotatable bonds is 3. The van der Waals surface area contributed by atoms with Gasteiger partial charge in [0.05, 0.1) is 0 Å². The van der Waals surface area contributed by atoms with Gasteiger partial charge in [-0.25, -0.2) is 28.1 Å². The van der Waals surface area contributed by atoms with Gasteiger partial charge in [-0.1, -0.05) is 11.6 Å². The largest absolute Gasteiger partial charge is 0.340 e. The number of anilines is 1. The van der Waals surface area contributed by atoms with Crippen molar-refractivity contribution in [3.8, 4) is 11.3 Å². The molecule has 1 aliphatic heterocycles. The second-order valence-electron chi connectivity index (χ2n) is 7.05. The number of hydrogen-bond donors (Lipinski definition) is 0. The molecule has 0 amide bonds. The fourth-order valence-corrected chi connectivity index (χ4v) is 3.58. The second-order valence-corrected chi connectivity index (χ2v) is 7.48. The average molecular weight is 424 g/mol. The van der Waals surface area contributed by atoms with Gasteiger partial charge in [-0.2, -0.15) is 0 Å². The molecule has 1 fully saturated rings. The number of halogens is 4. The predicted octanol–water partition coefficient (Wildman–Crippen LogP) is 3.58. The average Bonchev–Trinajstić information content (AvgIpc) is 3.17. The van der Waals surface area contributed by atoms with Gasteiger partial charge in [-0.15, -0.1) is 0 Å². The van der Waals surface area contributed by atoms with Crippen molar-refractivity contribution in [2.24, 2.45) is 13.0 Å². The molecule has 1 unspecified atom stereocenters. The Morgan fingerprint density at radius 2 is 1.97 bits per heavy atom. The van der Waals surface area contributed by atoms with E-state index in [4.69, 9.17) is 11.6 Å². The van der Waals surface area contributed by atoms with Crippen LogP contribution >= 0.6 is 11.6 Å². The van der Waals surface area contributed by atoms with E-state index in [0.717, 1.165) is 6.07 Å². The monoisotopic (exact) mass is 423 g/mol. The summed E-state index contributed by atoms with van der Waals surface area (Å²) in [6.07, 6.45) is -2.17. The fraction of sp³-hybridized carbons (Fsp3) is 0.368. The Labute approximate surface area is 169 Å².